The Kier molecular flexibility index (Phi) is 5.04. The zero-order valence-electron chi connectivity index (χ0n) is 14.6. The van der Waals surface area contributed by atoms with E-state index in [1.165, 1.54) is 16.6 Å². The summed E-state index contributed by atoms with van der Waals surface area (Å²) in [6, 6.07) is 14.7. The van der Waals surface area contributed by atoms with Crippen LogP contribution in [0.3, 0.4) is 0 Å². The van der Waals surface area contributed by atoms with Gasteiger partial charge in [0.25, 0.3) is 10.0 Å². The summed E-state index contributed by atoms with van der Waals surface area (Å²) in [5.41, 5.74) is 2.36. The van der Waals surface area contributed by atoms with Crippen molar-refractivity contribution in [2.75, 3.05) is 4.31 Å². The van der Waals surface area contributed by atoms with Crippen LogP contribution in [0, 0.1) is 19.7 Å². The molecule has 1 aromatic heterocycles. The predicted molar refractivity (Wildman–Crippen MR) is 99.9 cm³/mol. The summed E-state index contributed by atoms with van der Waals surface area (Å²) >= 11 is 0. The van der Waals surface area contributed by atoms with Gasteiger partial charge in [-0.25, -0.2) is 12.8 Å². The molecule has 0 bridgehead atoms. The van der Waals surface area contributed by atoms with E-state index in [4.69, 9.17) is 0 Å². The van der Waals surface area contributed by atoms with Crippen molar-refractivity contribution in [1.29, 1.82) is 0 Å². The van der Waals surface area contributed by atoms with Crippen LogP contribution in [-0.4, -0.2) is 13.4 Å². The summed E-state index contributed by atoms with van der Waals surface area (Å²) in [4.78, 5) is 4.28. The maximum atomic E-state index is 13.9. The molecule has 1 heterocycles. The molecule has 2 aromatic carbocycles. The lowest BCUT2D eigenvalue weighted by Gasteiger charge is -2.25. The van der Waals surface area contributed by atoms with Crippen molar-refractivity contribution < 1.29 is 12.8 Å². The van der Waals surface area contributed by atoms with Gasteiger partial charge in [-0.2, -0.15) is 0 Å². The molecule has 0 N–H and O–H groups in total. The molecule has 0 atom stereocenters. The van der Waals surface area contributed by atoms with Gasteiger partial charge in [0.1, 0.15) is 5.82 Å². The average molecular weight is 370 g/mol. The van der Waals surface area contributed by atoms with E-state index >= 15 is 0 Å². The third-order valence-corrected chi connectivity index (χ3v) is 5.83. The molecule has 3 rings (SSSR count). The molecular weight excluding hydrogens is 351 g/mol. The summed E-state index contributed by atoms with van der Waals surface area (Å²) < 4.78 is 41.6. The summed E-state index contributed by atoms with van der Waals surface area (Å²) in [6.07, 6.45) is 3.15. The minimum atomic E-state index is -3.82. The lowest BCUT2D eigenvalue weighted by molar-refractivity contribution is 0.589. The first kappa shape index (κ1) is 18.1. The van der Waals surface area contributed by atoms with Crippen LogP contribution >= 0.6 is 0 Å². The Hall–Kier alpha value is -2.73. The van der Waals surface area contributed by atoms with Crippen LogP contribution in [0.5, 0.6) is 0 Å². The lowest BCUT2D eigenvalue weighted by atomic mass is 10.1. The zero-order chi connectivity index (χ0) is 18.7. The van der Waals surface area contributed by atoms with Gasteiger partial charge in [0.2, 0.25) is 0 Å². The molecule has 0 amide bonds. The standard InChI is InChI=1S/C20H19FN2O2S/c1-15-10-18(13-22-12-15)23(14-17-9-8-16(2)20(21)11-17)26(24,25)19-6-4-3-5-7-19/h3-13H,14H2,1-2H3. The molecule has 0 radical (unpaired) electrons. The molecule has 6 heteroatoms. The largest absolute Gasteiger partial charge is 0.264 e. The van der Waals surface area contributed by atoms with Gasteiger partial charge in [0.15, 0.2) is 0 Å². The second-order valence-electron chi connectivity index (χ2n) is 6.13. The van der Waals surface area contributed by atoms with Crippen molar-refractivity contribution in [3.8, 4) is 0 Å². The molecule has 3 aromatic rings. The molecule has 0 fully saturated rings. The van der Waals surface area contributed by atoms with E-state index in [0.29, 0.717) is 16.8 Å². The highest BCUT2D eigenvalue weighted by molar-refractivity contribution is 7.92. The van der Waals surface area contributed by atoms with Gasteiger partial charge in [0.05, 0.1) is 23.3 Å². The molecule has 134 valence electrons. The predicted octanol–water partition coefficient (Wildman–Crippen LogP) is 4.23. The highest BCUT2D eigenvalue weighted by atomic mass is 32.2. The average Bonchev–Trinajstić information content (AvgIpc) is 2.63. The molecule has 0 aliphatic rings. The van der Waals surface area contributed by atoms with Gasteiger partial charge in [-0.05, 0) is 54.8 Å². The molecule has 0 aliphatic carbocycles. The third kappa shape index (κ3) is 3.75. The molecule has 0 spiro atoms. The monoisotopic (exact) mass is 370 g/mol. The van der Waals surface area contributed by atoms with Gasteiger partial charge >= 0.3 is 0 Å². The molecule has 0 aliphatic heterocycles. The van der Waals surface area contributed by atoms with Crippen LogP contribution in [0.2, 0.25) is 0 Å². The van der Waals surface area contributed by atoms with Crippen LogP contribution in [0.15, 0.2) is 71.9 Å². The van der Waals surface area contributed by atoms with Crippen molar-refractivity contribution in [2.24, 2.45) is 0 Å². The quantitative estimate of drug-likeness (QED) is 0.675. The van der Waals surface area contributed by atoms with Crippen LogP contribution in [0.4, 0.5) is 10.1 Å². The number of rotatable bonds is 5. The van der Waals surface area contributed by atoms with E-state index in [-0.39, 0.29) is 17.3 Å². The molecule has 0 saturated carbocycles. The van der Waals surface area contributed by atoms with E-state index in [0.717, 1.165) is 5.56 Å². The normalized spacial score (nSPS) is 11.3. The Morgan fingerprint density at radius 2 is 1.73 bits per heavy atom. The summed E-state index contributed by atoms with van der Waals surface area (Å²) in [7, 11) is -3.82. The highest BCUT2D eigenvalue weighted by Gasteiger charge is 2.25. The summed E-state index contributed by atoms with van der Waals surface area (Å²) in [6.45, 7) is 3.52. The van der Waals surface area contributed by atoms with Crippen molar-refractivity contribution in [2.45, 2.75) is 25.3 Å². The summed E-state index contributed by atoms with van der Waals surface area (Å²) in [5, 5.41) is 0. The number of nitrogens with zero attached hydrogens (tertiary/aromatic N) is 2. The number of benzene rings is 2. The fraction of sp³-hybridized carbons (Fsp3) is 0.150. The number of anilines is 1. The lowest BCUT2D eigenvalue weighted by Crippen LogP contribution is -2.30. The van der Waals surface area contributed by atoms with Crippen molar-refractivity contribution in [3.63, 3.8) is 0 Å². The van der Waals surface area contributed by atoms with E-state index < -0.39 is 10.0 Å². The van der Waals surface area contributed by atoms with E-state index in [2.05, 4.69) is 4.98 Å². The Labute approximate surface area is 153 Å². The minimum absolute atomic E-state index is 0.0135. The maximum Gasteiger partial charge on any atom is 0.264 e. The van der Waals surface area contributed by atoms with Crippen molar-refractivity contribution in [3.05, 3.63) is 89.5 Å². The smallest absolute Gasteiger partial charge is 0.262 e. The number of aromatic nitrogens is 1. The maximum absolute atomic E-state index is 13.9. The number of aryl methyl sites for hydroxylation is 2. The summed E-state index contributed by atoms with van der Waals surface area (Å²) in [5.74, 6) is -0.359. The van der Waals surface area contributed by atoms with Gasteiger partial charge in [-0.15, -0.1) is 0 Å². The third-order valence-electron chi connectivity index (χ3n) is 4.04. The number of pyridine rings is 1. The first-order valence-corrected chi connectivity index (χ1v) is 9.56. The Morgan fingerprint density at radius 3 is 2.38 bits per heavy atom. The molecular formula is C20H19FN2O2S. The van der Waals surface area contributed by atoms with E-state index in [1.807, 2.05) is 6.92 Å². The number of sulfonamides is 1. The Bertz CT molecular complexity index is 1020. The number of hydrogen-bond donors (Lipinski definition) is 0. The first-order chi connectivity index (χ1) is 12.4. The molecule has 26 heavy (non-hydrogen) atoms. The second kappa shape index (κ2) is 7.25. The van der Waals surface area contributed by atoms with Crippen molar-refractivity contribution in [1.82, 2.24) is 4.98 Å². The SMILES string of the molecule is Cc1cncc(N(Cc2ccc(C)c(F)c2)S(=O)(=O)c2ccccc2)c1. The fourth-order valence-electron chi connectivity index (χ4n) is 2.61. The van der Waals surface area contributed by atoms with Crippen LogP contribution in [0.25, 0.3) is 0 Å². The highest BCUT2D eigenvalue weighted by Crippen LogP contribution is 2.26. The number of hydrogen-bond acceptors (Lipinski definition) is 3. The fourth-order valence-corrected chi connectivity index (χ4v) is 4.06. The van der Waals surface area contributed by atoms with Gasteiger partial charge in [-0.3, -0.25) is 9.29 Å². The van der Waals surface area contributed by atoms with Crippen molar-refractivity contribution >= 4 is 15.7 Å². The van der Waals surface area contributed by atoms with Crippen LogP contribution < -0.4 is 4.31 Å². The molecule has 0 unspecified atom stereocenters. The second-order valence-corrected chi connectivity index (χ2v) is 7.99. The van der Waals surface area contributed by atoms with Gasteiger partial charge in [0, 0.05) is 6.20 Å². The van der Waals surface area contributed by atoms with Gasteiger partial charge < -0.3 is 0 Å². The van der Waals surface area contributed by atoms with Crippen LogP contribution in [0.1, 0.15) is 16.7 Å². The minimum Gasteiger partial charge on any atom is -0.262 e. The first-order valence-electron chi connectivity index (χ1n) is 8.12. The van der Waals surface area contributed by atoms with E-state index in [1.54, 1.807) is 61.7 Å². The van der Waals surface area contributed by atoms with Crippen LogP contribution in [-0.2, 0) is 16.6 Å². The molecule has 4 nitrogen and oxygen atoms in total. The Balaban J connectivity index is 2.09. The number of halogens is 1. The Morgan fingerprint density at radius 1 is 1.00 bits per heavy atom. The van der Waals surface area contributed by atoms with E-state index in [9.17, 15) is 12.8 Å². The topological polar surface area (TPSA) is 50.3 Å². The van der Waals surface area contributed by atoms with Gasteiger partial charge in [-0.1, -0.05) is 30.3 Å². The zero-order valence-corrected chi connectivity index (χ0v) is 15.4. The molecule has 0 saturated heterocycles.